The molecule has 0 unspecified atom stereocenters. The van der Waals surface area contributed by atoms with E-state index in [1.165, 1.54) is 0 Å². The lowest BCUT2D eigenvalue weighted by atomic mass is 10.2. The van der Waals surface area contributed by atoms with E-state index >= 15 is 0 Å². The van der Waals surface area contributed by atoms with Crippen LogP contribution in [0.25, 0.3) is 0 Å². The van der Waals surface area contributed by atoms with Gasteiger partial charge in [0, 0.05) is 44.4 Å². The maximum Gasteiger partial charge on any atom is 0.191 e. The summed E-state index contributed by atoms with van der Waals surface area (Å²) >= 11 is 5.94. The Morgan fingerprint density at radius 1 is 1.30 bits per heavy atom. The second-order valence-electron chi connectivity index (χ2n) is 4.16. The van der Waals surface area contributed by atoms with Gasteiger partial charge in [0.15, 0.2) is 5.96 Å². The van der Waals surface area contributed by atoms with Gasteiger partial charge in [-0.2, -0.15) is 0 Å². The van der Waals surface area contributed by atoms with Crippen LogP contribution in [0.1, 0.15) is 12.0 Å². The molecule has 0 fully saturated rings. The highest BCUT2D eigenvalue weighted by Gasteiger charge is 2.05. The van der Waals surface area contributed by atoms with Crippen molar-refractivity contribution in [3.05, 3.63) is 28.8 Å². The summed E-state index contributed by atoms with van der Waals surface area (Å²) in [6, 6.07) is 5.58. The number of ether oxygens (including phenoxy) is 2. The average Bonchev–Trinajstić information content (AvgIpc) is 2.47. The Labute approximate surface area is 125 Å². The standard InChI is InChI=1S/C14H22ClN3O2/c1-16-14(17-7-4-8-19-2)18-10-11-5-6-12(15)9-13(11)20-3/h5-6,9H,4,7-8,10H2,1-3H3,(H2,16,17,18). The molecule has 0 saturated heterocycles. The minimum Gasteiger partial charge on any atom is -0.496 e. The molecule has 0 amide bonds. The third kappa shape index (κ3) is 5.67. The van der Waals surface area contributed by atoms with E-state index < -0.39 is 0 Å². The van der Waals surface area contributed by atoms with Crippen LogP contribution in [-0.4, -0.2) is 40.4 Å². The first-order chi connectivity index (χ1) is 9.71. The van der Waals surface area contributed by atoms with Gasteiger partial charge in [0.1, 0.15) is 5.75 Å². The molecule has 0 aliphatic rings. The third-order valence-corrected chi connectivity index (χ3v) is 2.97. The Bertz CT molecular complexity index is 438. The SMILES string of the molecule is CN=C(NCCCOC)NCc1ccc(Cl)cc1OC. The fourth-order valence-corrected chi connectivity index (χ4v) is 1.85. The summed E-state index contributed by atoms with van der Waals surface area (Å²) in [6.45, 7) is 2.16. The maximum absolute atomic E-state index is 5.94. The number of aliphatic imine (C=N–C) groups is 1. The van der Waals surface area contributed by atoms with Crippen LogP contribution >= 0.6 is 11.6 Å². The lowest BCUT2D eigenvalue weighted by Gasteiger charge is -2.13. The van der Waals surface area contributed by atoms with Crippen molar-refractivity contribution in [1.29, 1.82) is 0 Å². The summed E-state index contributed by atoms with van der Waals surface area (Å²) in [7, 11) is 5.07. The number of guanidine groups is 1. The topological polar surface area (TPSA) is 54.9 Å². The number of rotatable bonds is 7. The predicted octanol–water partition coefficient (Wildman–Crippen LogP) is 2.05. The fraction of sp³-hybridized carbons (Fsp3) is 0.500. The molecule has 5 nitrogen and oxygen atoms in total. The Morgan fingerprint density at radius 3 is 2.75 bits per heavy atom. The van der Waals surface area contributed by atoms with Crippen LogP contribution < -0.4 is 15.4 Å². The first-order valence-electron chi connectivity index (χ1n) is 6.47. The molecule has 1 aromatic carbocycles. The van der Waals surface area contributed by atoms with Crippen molar-refractivity contribution < 1.29 is 9.47 Å². The predicted molar refractivity (Wildman–Crippen MR) is 82.7 cm³/mol. The number of methoxy groups -OCH3 is 2. The van der Waals surface area contributed by atoms with Crippen LogP contribution in [0, 0.1) is 0 Å². The Hall–Kier alpha value is -1.46. The van der Waals surface area contributed by atoms with Crippen molar-refractivity contribution >= 4 is 17.6 Å². The molecule has 0 bridgehead atoms. The van der Waals surface area contributed by atoms with Crippen molar-refractivity contribution in [2.45, 2.75) is 13.0 Å². The second-order valence-corrected chi connectivity index (χ2v) is 4.59. The monoisotopic (exact) mass is 299 g/mol. The Kier molecular flexibility index (Phi) is 7.84. The molecule has 0 aliphatic heterocycles. The van der Waals surface area contributed by atoms with Crippen LogP contribution in [-0.2, 0) is 11.3 Å². The molecule has 0 aliphatic carbocycles. The molecule has 0 radical (unpaired) electrons. The van der Waals surface area contributed by atoms with Gasteiger partial charge in [0.25, 0.3) is 0 Å². The molecule has 6 heteroatoms. The number of nitrogens with one attached hydrogen (secondary N) is 2. The molecule has 1 rings (SSSR count). The van der Waals surface area contributed by atoms with Crippen molar-refractivity contribution in [3.63, 3.8) is 0 Å². The number of hydrogen-bond donors (Lipinski definition) is 2. The molecule has 2 N–H and O–H groups in total. The summed E-state index contributed by atoms with van der Waals surface area (Å²) < 4.78 is 10.3. The van der Waals surface area contributed by atoms with Crippen molar-refractivity contribution in [2.75, 3.05) is 34.4 Å². The van der Waals surface area contributed by atoms with Crippen LogP contribution in [0.2, 0.25) is 5.02 Å². The summed E-state index contributed by atoms with van der Waals surface area (Å²) in [5.74, 6) is 1.51. The van der Waals surface area contributed by atoms with E-state index in [0.717, 1.165) is 36.8 Å². The molecule has 112 valence electrons. The second kappa shape index (κ2) is 9.44. The summed E-state index contributed by atoms with van der Waals surface area (Å²) in [4.78, 5) is 4.16. The molecule has 0 heterocycles. The minimum atomic E-state index is 0.615. The van der Waals surface area contributed by atoms with Gasteiger partial charge < -0.3 is 20.1 Å². The molecule has 0 spiro atoms. The van der Waals surface area contributed by atoms with Crippen LogP contribution in [0.5, 0.6) is 5.75 Å². The van der Waals surface area contributed by atoms with E-state index in [4.69, 9.17) is 21.1 Å². The average molecular weight is 300 g/mol. The van der Waals surface area contributed by atoms with Gasteiger partial charge in [-0.15, -0.1) is 0 Å². The van der Waals surface area contributed by atoms with Crippen molar-refractivity contribution in [2.24, 2.45) is 4.99 Å². The molecule has 0 atom stereocenters. The zero-order valence-corrected chi connectivity index (χ0v) is 13.0. The first-order valence-corrected chi connectivity index (χ1v) is 6.85. The van der Waals surface area contributed by atoms with E-state index in [-0.39, 0.29) is 0 Å². The minimum absolute atomic E-state index is 0.615. The van der Waals surface area contributed by atoms with Gasteiger partial charge in [0.2, 0.25) is 0 Å². The zero-order chi connectivity index (χ0) is 14.8. The van der Waals surface area contributed by atoms with Crippen LogP contribution in [0.3, 0.4) is 0 Å². The van der Waals surface area contributed by atoms with Crippen molar-refractivity contribution in [1.82, 2.24) is 10.6 Å². The number of benzene rings is 1. The Morgan fingerprint density at radius 2 is 2.10 bits per heavy atom. The van der Waals surface area contributed by atoms with E-state index in [0.29, 0.717) is 11.6 Å². The third-order valence-electron chi connectivity index (χ3n) is 2.74. The van der Waals surface area contributed by atoms with Gasteiger partial charge in [-0.25, -0.2) is 0 Å². The van der Waals surface area contributed by atoms with Crippen molar-refractivity contribution in [3.8, 4) is 5.75 Å². The van der Waals surface area contributed by atoms with E-state index in [9.17, 15) is 0 Å². The summed E-state index contributed by atoms with van der Waals surface area (Å²) in [6.07, 6.45) is 0.932. The highest BCUT2D eigenvalue weighted by molar-refractivity contribution is 6.30. The lowest BCUT2D eigenvalue weighted by molar-refractivity contribution is 0.195. The molecular formula is C14H22ClN3O2. The normalized spacial score (nSPS) is 11.3. The highest BCUT2D eigenvalue weighted by atomic mass is 35.5. The molecular weight excluding hydrogens is 278 g/mol. The number of hydrogen-bond acceptors (Lipinski definition) is 3. The molecule has 0 aromatic heterocycles. The number of halogens is 1. The molecule has 20 heavy (non-hydrogen) atoms. The van der Waals surface area contributed by atoms with Gasteiger partial charge in [-0.1, -0.05) is 17.7 Å². The largest absolute Gasteiger partial charge is 0.496 e. The Balaban J connectivity index is 2.48. The lowest BCUT2D eigenvalue weighted by Crippen LogP contribution is -2.37. The van der Waals surface area contributed by atoms with Crippen LogP contribution in [0.15, 0.2) is 23.2 Å². The number of nitrogens with zero attached hydrogens (tertiary/aromatic N) is 1. The maximum atomic E-state index is 5.94. The summed E-state index contributed by atoms with van der Waals surface area (Å²) in [5.41, 5.74) is 1.02. The highest BCUT2D eigenvalue weighted by Crippen LogP contribution is 2.22. The zero-order valence-electron chi connectivity index (χ0n) is 12.2. The molecule has 1 aromatic rings. The van der Waals surface area contributed by atoms with E-state index in [2.05, 4.69) is 15.6 Å². The van der Waals surface area contributed by atoms with E-state index in [1.807, 2.05) is 12.1 Å². The first kappa shape index (κ1) is 16.6. The van der Waals surface area contributed by atoms with E-state index in [1.54, 1.807) is 27.3 Å². The fourth-order valence-electron chi connectivity index (χ4n) is 1.69. The van der Waals surface area contributed by atoms with Gasteiger partial charge >= 0.3 is 0 Å². The quantitative estimate of drug-likeness (QED) is 0.460. The van der Waals surface area contributed by atoms with Gasteiger partial charge in [-0.3, -0.25) is 4.99 Å². The smallest absolute Gasteiger partial charge is 0.191 e. The van der Waals surface area contributed by atoms with Gasteiger partial charge in [0.05, 0.1) is 7.11 Å². The summed E-state index contributed by atoms with van der Waals surface area (Å²) in [5, 5.41) is 7.11. The van der Waals surface area contributed by atoms with Gasteiger partial charge in [-0.05, 0) is 18.6 Å². The molecule has 0 saturated carbocycles. The van der Waals surface area contributed by atoms with Crippen LogP contribution in [0.4, 0.5) is 0 Å².